The molecule has 1 aromatic rings. The average molecular weight is 318 g/mol. The lowest BCUT2D eigenvalue weighted by Gasteiger charge is -2.16. The monoisotopic (exact) mass is 317 g/mol. The minimum atomic E-state index is 0.0425. The van der Waals surface area contributed by atoms with E-state index in [4.69, 9.17) is 4.74 Å². The molecule has 17 heavy (non-hydrogen) atoms. The van der Waals surface area contributed by atoms with Gasteiger partial charge in [-0.15, -0.1) is 0 Å². The predicted molar refractivity (Wildman–Crippen MR) is 75.9 cm³/mol. The van der Waals surface area contributed by atoms with Crippen LogP contribution in [0.15, 0.2) is 22.7 Å². The Morgan fingerprint density at radius 1 is 1.53 bits per heavy atom. The van der Waals surface area contributed by atoms with Crippen LogP contribution in [-0.4, -0.2) is 37.3 Å². The Bertz CT molecular complexity index is 398. The molecule has 0 aromatic heterocycles. The van der Waals surface area contributed by atoms with Crippen LogP contribution in [0.3, 0.4) is 0 Å². The molecule has 1 aromatic carbocycles. The number of amides is 1. The highest BCUT2D eigenvalue weighted by Crippen LogP contribution is 2.25. The van der Waals surface area contributed by atoms with Crippen molar-refractivity contribution in [3.63, 3.8) is 0 Å². The Hall–Kier alpha value is -0.680. The summed E-state index contributed by atoms with van der Waals surface area (Å²) in [6.45, 7) is 0.693. The molecule has 1 amide bonds. The summed E-state index contributed by atoms with van der Waals surface area (Å²) >= 11 is 7.40. The van der Waals surface area contributed by atoms with Crippen molar-refractivity contribution in [2.45, 2.75) is 6.42 Å². The largest absolute Gasteiger partial charge is 0.496 e. The maximum absolute atomic E-state index is 11.3. The second-order valence-electron chi connectivity index (χ2n) is 3.69. The van der Waals surface area contributed by atoms with E-state index in [0.29, 0.717) is 6.54 Å². The van der Waals surface area contributed by atoms with Gasteiger partial charge in [0.05, 0.1) is 17.3 Å². The zero-order valence-electron chi connectivity index (χ0n) is 9.94. The lowest BCUT2D eigenvalue weighted by Crippen LogP contribution is -2.29. The maximum atomic E-state index is 11.3. The third-order valence-corrected chi connectivity index (χ3v) is 3.40. The highest BCUT2D eigenvalue weighted by atomic mass is 79.9. The molecule has 0 aliphatic heterocycles. The van der Waals surface area contributed by atoms with Gasteiger partial charge in [0.25, 0.3) is 0 Å². The number of hydrogen-bond donors (Lipinski definition) is 1. The van der Waals surface area contributed by atoms with Gasteiger partial charge >= 0.3 is 0 Å². The molecule has 1 rings (SSSR count). The van der Waals surface area contributed by atoms with Crippen LogP contribution in [0.25, 0.3) is 0 Å². The summed E-state index contributed by atoms with van der Waals surface area (Å²) in [5, 5.41) is 0. The van der Waals surface area contributed by atoms with Gasteiger partial charge < -0.3 is 9.64 Å². The average Bonchev–Trinajstić information content (AvgIpc) is 2.35. The standard InChI is InChI=1S/C12H16BrNO2S/c1-14(12(15)8-17)6-5-9-3-4-11(16-2)10(13)7-9/h3-4,7,17H,5-6,8H2,1-2H3. The molecular formula is C12H16BrNO2S. The van der Waals surface area contributed by atoms with Crippen molar-refractivity contribution in [2.75, 3.05) is 26.5 Å². The predicted octanol–water partition coefficient (Wildman–Crippen LogP) is 2.39. The fourth-order valence-electron chi connectivity index (χ4n) is 1.41. The van der Waals surface area contributed by atoms with Gasteiger partial charge in [0, 0.05) is 13.6 Å². The second-order valence-corrected chi connectivity index (χ2v) is 4.86. The molecule has 0 aliphatic rings. The van der Waals surface area contributed by atoms with E-state index < -0.39 is 0 Å². The van der Waals surface area contributed by atoms with Crippen LogP contribution < -0.4 is 4.74 Å². The lowest BCUT2D eigenvalue weighted by atomic mass is 10.1. The van der Waals surface area contributed by atoms with Crippen LogP contribution in [-0.2, 0) is 11.2 Å². The number of hydrogen-bond acceptors (Lipinski definition) is 3. The van der Waals surface area contributed by atoms with E-state index in [9.17, 15) is 4.79 Å². The van der Waals surface area contributed by atoms with Gasteiger partial charge in [-0.25, -0.2) is 0 Å². The summed E-state index contributed by atoms with van der Waals surface area (Å²) in [4.78, 5) is 13.0. The van der Waals surface area contributed by atoms with Gasteiger partial charge in [-0.3, -0.25) is 4.79 Å². The summed E-state index contributed by atoms with van der Waals surface area (Å²) in [7, 11) is 3.43. The molecule has 0 aliphatic carbocycles. The Morgan fingerprint density at radius 2 is 2.24 bits per heavy atom. The molecule has 0 saturated heterocycles. The van der Waals surface area contributed by atoms with Gasteiger partial charge in [0.15, 0.2) is 0 Å². The zero-order chi connectivity index (χ0) is 12.8. The molecule has 0 radical (unpaired) electrons. The Labute approximate surface area is 116 Å². The lowest BCUT2D eigenvalue weighted by molar-refractivity contribution is -0.127. The quantitative estimate of drug-likeness (QED) is 0.845. The molecule has 0 saturated carbocycles. The summed E-state index contributed by atoms with van der Waals surface area (Å²) < 4.78 is 6.09. The Balaban J connectivity index is 2.58. The number of nitrogens with zero attached hydrogens (tertiary/aromatic N) is 1. The number of thiol groups is 1. The van der Waals surface area contributed by atoms with Crippen molar-refractivity contribution < 1.29 is 9.53 Å². The van der Waals surface area contributed by atoms with Gasteiger partial charge in [-0.1, -0.05) is 6.07 Å². The summed E-state index contributed by atoms with van der Waals surface area (Å²) in [6.07, 6.45) is 0.818. The smallest absolute Gasteiger partial charge is 0.232 e. The normalized spacial score (nSPS) is 10.1. The van der Waals surface area contributed by atoms with E-state index in [1.54, 1.807) is 19.1 Å². The molecule has 0 bridgehead atoms. The van der Waals surface area contributed by atoms with Crippen LogP contribution in [0, 0.1) is 0 Å². The van der Waals surface area contributed by atoms with Crippen LogP contribution in [0.4, 0.5) is 0 Å². The van der Waals surface area contributed by atoms with E-state index in [2.05, 4.69) is 28.6 Å². The van der Waals surface area contributed by atoms with Gasteiger partial charge in [0.2, 0.25) is 5.91 Å². The topological polar surface area (TPSA) is 29.5 Å². The van der Waals surface area contributed by atoms with Crippen molar-refractivity contribution in [2.24, 2.45) is 0 Å². The van der Waals surface area contributed by atoms with Crippen molar-refractivity contribution in [1.82, 2.24) is 4.90 Å². The highest BCUT2D eigenvalue weighted by molar-refractivity contribution is 9.10. The SMILES string of the molecule is COc1ccc(CCN(C)C(=O)CS)cc1Br. The number of likely N-dealkylation sites (N-methyl/N-ethyl adjacent to an activating group) is 1. The molecule has 0 atom stereocenters. The number of carbonyl (C=O) groups is 1. The molecule has 5 heteroatoms. The maximum Gasteiger partial charge on any atom is 0.232 e. The number of ether oxygens (including phenoxy) is 1. The summed E-state index contributed by atoms with van der Waals surface area (Å²) in [6, 6.07) is 5.93. The van der Waals surface area contributed by atoms with Gasteiger partial charge in [0.1, 0.15) is 5.75 Å². The van der Waals surface area contributed by atoms with Crippen molar-refractivity contribution in [1.29, 1.82) is 0 Å². The Kier molecular flexibility index (Phi) is 5.85. The summed E-state index contributed by atoms with van der Waals surface area (Å²) in [5.41, 5.74) is 1.16. The molecule has 3 nitrogen and oxygen atoms in total. The fraction of sp³-hybridized carbons (Fsp3) is 0.417. The molecule has 0 unspecified atom stereocenters. The van der Waals surface area contributed by atoms with E-state index in [0.717, 1.165) is 22.2 Å². The molecule has 0 spiro atoms. The zero-order valence-corrected chi connectivity index (χ0v) is 12.4. The first-order chi connectivity index (χ1) is 8.08. The van der Waals surface area contributed by atoms with Crippen molar-refractivity contribution in [3.8, 4) is 5.75 Å². The molecule has 94 valence electrons. The van der Waals surface area contributed by atoms with Crippen molar-refractivity contribution in [3.05, 3.63) is 28.2 Å². The molecule has 0 N–H and O–H groups in total. The van der Waals surface area contributed by atoms with Crippen molar-refractivity contribution >= 4 is 34.5 Å². The third kappa shape index (κ3) is 4.24. The first-order valence-electron chi connectivity index (χ1n) is 5.25. The molecule has 0 heterocycles. The second kappa shape index (κ2) is 6.91. The van der Waals surface area contributed by atoms with E-state index >= 15 is 0 Å². The first kappa shape index (κ1) is 14.4. The van der Waals surface area contributed by atoms with Crippen LogP contribution in [0.2, 0.25) is 0 Å². The van der Waals surface area contributed by atoms with E-state index in [1.807, 2.05) is 18.2 Å². The minimum absolute atomic E-state index is 0.0425. The van der Waals surface area contributed by atoms with Crippen LogP contribution >= 0.6 is 28.6 Å². The van der Waals surface area contributed by atoms with Crippen LogP contribution in [0.5, 0.6) is 5.75 Å². The summed E-state index contributed by atoms with van der Waals surface area (Å²) in [5.74, 6) is 1.11. The molecule has 0 fully saturated rings. The fourth-order valence-corrected chi connectivity index (χ4v) is 2.24. The number of benzene rings is 1. The van der Waals surface area contributed by atoms with E-state index in [-0.39, 0.29) is 11.7 Å². The van der Waals surface area contributed by atoms with Gasteiger partial charge in [-0.05, 0) is 40.0 Å². The molecular weight excluding hydrogens is 302 g/mol. The van der Waals surface area contributed by atoms with E-state index in [1.165, 1.54) is 0 Å². The Morgan fingerprint density at radius 3 is 2.76 bits per heavy atom. The number of methoxy groups -OCH3 is 1. The number of halogens is 1. The first-order valence-corrected chi connectivity index (χ1v) is 6.68. The number of rotatable bonds is 5. The van der Waals surface area contributed by atoms with Crippen LogP contribution in [0.1, 0.15) is 5.56 Å². The third-order valence-electron chi connectivity index (χ3n) is 2.51. The number of carbonyl (C=O) groups excluding carboxylic acids is 1. The van der Waals surface area contributed by atoms with Gasteiger partial charge in [-0.2, -0.15) is 12.6 Å². The highest BCUT2D eigenvalue weighted by Gasteiger charge is 2.07. The minimum Gasteiger partial charge on any atom is -0.496 e.